The number of hydrogen-bond acceptors (Lipinski definition) is 3. The highest BCUT2D eigenvalue weighted by atomic mass is 35.5. The molecular weight excluding hydrogens is 310 g/mol. The molecule has 1 N–H and O–H groups in total. The van der Waals surface area contributed by atoms with Crippen molar-refractivity contribution >= 4 is 22.8 Å². The summed E-state index contributed by atoms with van der Waals surface area (Å²) in [5.74, 6) is 0. The third-order valence-corrected chi connectivity index (χ3v) is 4.32. The third-order valence-electron chi connectivity index (χ3n) is 4.03. The van der Waals surface area contributed by atoms with Crippen molar-refractivity contribution in [2.45, 2.75) is 39.7 Å². The maximum absolute atomic E-state index is 10.2. The Balaban J connectivity index is 2.19. The lowest BCUT2D eigenvalue weighted by molar-refractivity contribution is 0.397. The number of nitrogens with zero attached hydrogens (tertiary/aromatic N) is 3. The van der Waals surface area contributed by atoms with Gasteiger partial charge in [0, 0.05) is 18.3 Å². The van der Waals surface area contributed by atoms with Gasteiger partial charge in [0.2, 0.25) is 0 Å². The Hall–Kier alpha value is -2.07. The number of imidazole rings is 1. The minimum atomic E-state index is -0.000712. The zero-order valence-corrected chi connectivity index (χ0v) is 14.1. The predicted octanol–water partition coefficient (Wildman–Crippen LogP) is 4.96. The minimum Gasteiger partial charge on any atom is -0.480 e. The second-order valence-electron chi connectivity index (χ2n) is 5.79. The van der Waals surface area contributed by atoms with Crippen LogP contribution in [0.1, 0.15) is 31.7 Å². The second-order valence-corrected chi connectivity index (χ2v) is 6.20. The van der Waals surface area contributed by atoms with E-state index in [2.05, 4.69) is 29.0 Å². The highest BCUT2D eigenvalue weighted by molar-refractivity contribution is 6.34. The van der Waals surface area contributed by atoms with Gasteiger partial charge in [-0.1, -0.05) is 61.2 Å². The van der Waals surface area contributed by atoms with Crippen molar-refractivity contribution in [3.05, 3.63) is 41.0 Å². The molecule has 0 saturated carbocycles. The molecule has 120 valence electrons. The molecule has 0 atom stereocenters. The summed E-state index contributed by atoms with van der Waals surface area (Å²) in [4.78, 5) is 8.46. The monoisotopic (exact) mass is 329 g/mol. The predicted molar refractivity (Wildman–Crippen MR) is 93.9 cm³/mol. The molecule has 2 aromatic heterocycles. The van der Waals surface area contributed by atoms with E-state index >= 15 is 0 Å². The first-order chi connectivity index (χ1) is 11.1. The lowest BCUT2D eigenvalue weighted by Gasteiger charge is -2.11. The quantitative estimate of drug-likeness (QED) is 0.673. The SMILES string of the molecule is CCCCCn1c(O)nc2ncc(Cl)c(-c3ccc(C)cc3)c21. The average molecular weight is 330 g/mol. The molecule has 1 aromatic carbocycles. The highest BCUT2D eigenvalue weighted by Crippen LogP contribution is 2.36. The molecule has 0 fully saturated rings. The Morgan fingerprint density at radius 1 is 1.17 bits per heavy atom. The van der Waals surface area contributed by atoms with Gasteiger partial charge in [-0.15, -0.1) is 0 Å². The number of halogens is 1. The van der Waals surface area contributed by atoms with E-state index in [1.807, 2.05) is 23.6 Å². The van der Waals surface area contributed by atoms with Gasteiger partial charge >= 0.3 is 0 Å². The lowest BCUT2D eigenvalue weighted by Crippen LogP contribution is -1.99. The minimum absolute atomic E-state index is 0.000712. The summed E-state index contributed by atoms with van der Waals surface area (Å²) in [5, 5.41) is 10.8. The van der Waals surface area contributed by atoms with Gasteiger partial charge in [-0.3, -0.25) is 4.57 Å². The first-order valence-corrected chi connectivity index (χ1v) is 8.30. The molecule has 0 unspecified atom stereocenters. The smallest absolute Gasteiger partial charge is 0.296 e. The van der Waals surface area contributed by atoms with E-state index in [-0.39, 0.29) is 6.01 Å². The van der Waals surface area contributed by atoms with Crippen LogP contribution in [0.5, 0.6) is 6.01 Å². The molecule has 5 heteroatoms. The number of aromatic hydroxyl groups is 1. The Labute approximate surface area is 140 Å². The third kappa shape index (κ3) is 3.04. The van der Waals surface area contributed by atoms with Crippen LogP contribution in [-0.4, -0.2) is 19.6 Å². The molecule has 23 heavy (non-hydrogen) atoms. The Bertz CT molecular complexity index is 824. The first-order valence-electron chi connectivity index (χ1n) is 7.92. The number of rotatable bonds is 5. The summed E-state index contributed by atoms with van der Waals surface area (Å²) in [6.07, 6.45) is 4.81. The van der Waals surface area contributed by atoms with Gasteiger partial charge < -0.3 is 5.11 Å². The zero-order chi connectivity index (χ0) is 16.4. The van der Waals surface area contributed by atoms with Crippen LogP contribution in [0, 0.1) is 6.92 Å². The Kier molecular flexibility index (Phi) is 4.53. The van der Waals surface area contributed by atoms with E-state index in [1.54, 1.807) is 6.20 Å². The van der Waals surface area contributed by atoms with Crippen molar-refractivity contribution < 1.29 is 5.11 Å². The van der Waals surface area contributed by atoms with Crippen LogP contribution in [0.2, 0.25) is 5.02 Å². The Morgan fingerprint density at radius 2 is 1.91 bits per heavy atom. The molecule has 0 bridgehead atoms. The van der Waals surface area contributed by atoms with Crippen LogP contribution in [0.3, 0.4) is 0 Å². The molecular formula is C18H20ClN3O. The Morgan fingerprint density at radius 3 is 2.61 bits per heavy atom. The summed E-state index contributed by atoms with van der Waals surface area (Å²) < 4.78 is 1.82. The van der Waals surface area contributed by atoms with E-state index in [4.69, 9.17) is 11.6 Å². The first kappa shape index (κ1) is 15.8. The number of benzene rings is 1. The van der Waals surface area contributed by atoms with Gasteiger partial charge in [0.05, 0.1) is 10.5 Å². The van der Waals surface area contributed by atoms with Crippen molar-refractivity contribution in [2.75, 3.05) is 0 Å². The topological polar surface area (TPSA) is 50.9 Å². The standard InChI is InChI=1S/C18H20ClN3O/c1-3-4-5-10-22-16-15(13-8-6-12(2)7-9-13)14(19)11-20-17(16)21-18(22)23/h6-9,11H,3-5,10H2,1-2H3,(H,20,21,23). The number of pyridine rings is 1. The molecule has 3 aromatic rings. The van der Waals surface area contributed by atoms with Crippen LogP contribution in [0.15, 0.2) is 30.5 Å². The van der Waals surface area contributed by atoms with Crippen LogP contribution < -0.4 is 0 Å². The van der Waals surface area contributed by atoms with Crippen molar-refractivity contribution in [1.82, 2.24) is 14.5 Å². The summed E-state index contributed by atoms with van der Waals surface area (Å²) in [7, 11) is 0. The molecule has 0 radical (unpaired) electrons. The maximum atomic E-state index is 10.2. The van der Waals surface area contributed by atoms with Gasteiger partial charge in [0.15, 0.2) is 5.65 Å². The number of unbranched alkanes of at least 4 members (excludes halogenated alkanes) is 2. The van der Waals surface area contributed by atoms with E-state index in [0.717, 1.165) is 35.9 Å². The normalized spacial score (nSPS) is 11.3. The number of hydrogen-bond donors (Lipinski definition) is 1. The van der Waals surface area contributed by atoms with Crippen molar-refractivity contribution in [3.63, 3.8) is 0 Å². The molecule has 3 rings (SSSR count). The zero-order valence-electron chi connectivity index (χ0n) is 13.4. The average Bonchev–Trinajstić information content (AvgIpc) is 2.85. The van der Waals surface area contributed by atoms with E-state index in [0.29, 0.717) is 17.2 Å². The second kappa shape index (κ2) is 6.59. The van der Waals surface area contributed by atoms with Crippen molar-refractivity contribution in [2.24, 2.45) is 0 Å². The van der Waals surface area contributed by atoms with Gasteiger partial charge in [-0.2, -0.15) is 4.98 Å². The fourth-order valence-electron chi connectivity index (χ4n) is 2.79. The molecule has 0 saturated heterocycles. The summed E-state index contributed by atoms with van der Waals surface area (Å²) in [6.45, 7) is 4.91. The summed E-state index contributed by atoms with van der Waals surface area (Å²) >= 11 is 6.43. The fraction of sp³-hybridized carbons (Fsp3) is 0.333. The van der Waals surface area contributed by atoms with E-state index in [9.17, 15) is 5.11 Å². The van der Waals surface area contributed by atoms with Gasteiger partial charge in [0.1, 0.15) is 0 Å². The van der Waals surface area contributed by atoms with Crippen molar-refractivity contribution in [1.29, 1.82) is 0 Å². The van der Waals surface area contributed by atoms with Gasteiger partial charge in [-0.05, 0) is 18.9 Å². The molecule has 0 spiro atoms. The van der Waals surface area contributed by atoms with Crippen LogP contribution >= 0.6 is 11.6 Å². The number of fused-ring (bicyclic) bond motifs is 1. The van der Waals surface area contributed by atoms with E-state index in [1.165, 1.54) is 5.56 Å². The summed E-state index contributed by atoms with van der Waals surface area (Å²) in [5.41, 5.74) is 4.40. The molecule has 2 heterocycles. The fourth-order valence-corrected chi connectivity index (χ4v) is 3.03. The molecule has 0 aliphatic rings. The highest BCUT2D eigenvalue weighted by Gasteiger charge is 2.18. The summed E-state index contributed by atoms with van der Waals surface area (Å²) in [6, 6.07) is 8.18. The van der Waals surface area contributed by atoms with E-state index < -0.39 is 0 Å². The molecule has 0 aliphatic carbocycles. The van der Waals surface area contributed by atoms with Crippen LogP contribution in [0.4, 0.5) is 0 Å². The molecule has 0 aliphatic heterocycles. The molecule has 4 nitrogen and oxygen atoms in total. The van der Waals surface area contributed by atoms with Gasteiger partial charge in [-0.25, -0.2) is 4.98 Å². The number of aryl methyl sites for hydroxylation is 2. The molecule has 0 amide bonds. The maximum Gasteiger partial charge on any atom is 0.296 e. The number of aromatic nitrogens is 3. The lowest BCUT2D eigenvalue weighted by atomic mass is 10.0. The largest absolute Gasteiger partial charge is 0.480 e. The van der Waals surface area contributed by atoms with Crippen molar-refractivity contribution in [3.8, 4) is 17.1 Å². The van der Waals surface area contributed by atoms with Gasteiger partial charge in [0.25, 0.3) is 6.01 Å². The van der Waals surface area contributed by atoms with Crippen LogP contribution in [0.25, 0.3) is 22.3 Å². The van der Waals surface area contributed by atoms with Crippen LogP contribution in [-0.2, 0) is 6.54 Å².